The molecule has 2 unspecified atom stereocenters. The average molecular weight is 481 g/mol. The number of carboxylic acids is 3. The van der Waals surface area contributed by atoms with Crippen LogP contribution in [-0.4, -0.2) is 38.5 Å². The Morgan fingerprint density at radius 1 is 0.758 bits per heavy atom. The van der Waals surface area contributed by atoms with Crippen LogP contribution >= 0.6 is 11.8 Å². The van der Waals surface area contributed by atoms with Gasteiger partial charge in [0.1, 0.15) is 5.25 Å². The van der Waals surface area contributed by atoms with Crippen molar-refractivity contribution in [1.29, 1.82) is 0 Å². The van der Waals surface area contributed by atoms with Gasteiger partial charge in [0.15, 0.2) is 5.92 Å². The van der Waals surface area contributed by atoms with Crippen LogP contribution in [0.25, 0.3) is 0 Å². The Labute approximate surface area is 202 Å². The smallest absolute Gasteiger partial charge is 0.319 e. The zero-order valence-corrected chi connectivity index (χ0v) is 20.8. The van der Waals surface area contributed by atoms with Gasteiger partial charge in [-0.2, -0.15) is 0 Å². The van der Waals surface area contributed by atoms with Crippen LogP contribution in [0, 0.1) is 5.92 Å². The molecule has 0 aromatic heterocycles. The standard InChI is InChI=1S/C26H40O6S/c1-3-5-6-7-8-9-10-11-12-13-16-19-17-14-15-18-20(19)23(22(25(29)30)26(31)32)33-21(4-2)24(27)28/h14-15,17-18,21-23H,3-13,16H2,1-2H3,(H,27,28)(H,29,30)(H,31,32). The highest BCUT2D eigenvalue weighted by molar-refractivity contribution is 8.00. The number of aryl methyl sites for hydroxylation is 1. The molecule has 186 valence electrons. The van der Waals surface area contributed by atoms with Gasteiger partial charge in [-0.15, -0.1) is 11.8 Å². The predicted molar refractivity (Wildman–Crippen MR) is 133 cm³/mol. The topological polar surface area (TPSA) is 112 Å². The molecule has 0 fully saturated rings. The number of hydrogen-bond donors (Lipinski definition) is 3. The number of carboxylic acid groups (broad SMARTS) is 3. The molecule has 2 atom stereocenters. The van der Waals surface area contributed by atoms with Gasteiger partial charge in [0.2, 0.25) is 0 Å². The van der Waals surface area contributed by atoms with Crippen molar-refractivity contribution in [1.82, 2.24) is 0 Å². The second-order valence-electron chi connectivity index (χ2n) is 8.58. The minimum absolute atomic E-state index is 0.281. The summed E-state index contributed by atoms with van der Waals surface area (Å²) in [4.78, 5) is 35.2. The maximum atomic E-state index is 11.8. The molecule has 0 aliphatic rings. The third kappa shape index (κ3) is 10.6. The first-order valence-corrected chi connectivity index (χ1v) is 13.2. The van der Waals surface area contributed by atoms with Crippen LogP contribution in [0.3, 0.4) is 0 Å². The van der Waals surface area contributed by atoms with E-state index >= 15 is 0 Å². The first-order chi connectivity index (χ1) is 15.8. The highest BCUT2D eigenvalue weighted by Crippen LogP contribution is 2.42. The van der Waals surface area contributed by atoms with Gasteiger partial charge < -0.3 is 15.3 Å². The third-order valence-corrected chi connectivity index (χ3v) is 7.64. The quantitative estimate of drug-likeness (QED) is 0.152. The van der Waals surface area contributed by atoms with E-state index in [1.165, 1.54) is 44.9 Å². The molecular weight excluding hydrogens is 440 g/mol. The Hall–Kier alpha value is -2.02. The number of benzene rings is 1. The van der Waals surface area contributed by atoms with Crippen molar-refractivity contribution in [2.75, 3.05) is 0 Å². The van der Waals surface area contributed by atoms with Gasteiger partial charge in [0, 0.05) is 0 Å². The van der Waals surface area contributed by atoms with E-state index < -0.39 is 34.3 Å². The van der Waals surface area contributed by atoms with E-state index in [4.69, 9.17) is 0 Å². The second kappa shape index (κ2) is 16.6. The molecule has 3 N–H and O–H groups in total. The maximum Gasteiger partial charge on any atom is 0.319 e. The van der Waals surface area contributed by atoms with Crippen molar-refractivity contribution >= 4 is 29.7 Å². The zero-order valence-electron chi connectivity index (χ0n) is 20.0. The first kappa shape index (κ1) is 29.0. The minimum atomic E-state index is -1.71. The molecule has 0 heterocycles. The van der Waals surface area contributed by atoms with Crippen LogP contribution in [0.2, 0.25) is 0 Å². The largest absolute Gasteiger partial charge is 0.481 e. The number of rotatable bonds is 19. The fraction of sp³-hybridized carbons (Fsp3) is 0.654. The van der Waals surface area contributed by atoms with Crippen molar-refractivity contribution in [2.45, 2.75) is 101 Å². The van der Waals surface area contributed by atoms with Crippen molar-refractivity contribution in [2.24, 2.45) is 5.92 Å². The monoisotopic (exact) mass is 480 g/mol. The molecule has 1 rings (SSSR count). The normalized spacial score (nSPS) is 13.1. The van der Waals surface area contributed by atoms with Gasteiger partial charge in [0.25, 0.3) is 0 Å². The summed E-state index contributed by atoms with van der Waals surface area (Å²) in [6.07, 6.45) is 13.1. The Bertz CT molecular complexity index is 721. The molecule has 0 spiro atoms. The highest BCUT2D eigenvalue weighted by atomic mass is 32.2. The molecule has 1 aromatic carbocycles. The predicted octanol–water partition coefficient (Wildman–Crippen LogP) is 6.57. The van der Waals surface area contributed by atoms with E-state index in [1.807, 2.05) is 12.1 Å². The number of carbonyl (C=O) groups is 3. The second-order valence-corrected chi connectivity index (χ2v) is 9.93. The lowest BCUT2D eigenvalue weighted by atomic mass is 9.92. The Kier molecular flexibility index (Phi) is 14.6. The molecule has 0 aliphatic carbocycles. The summed E-state index contributed by atoms with van der Waals surface area (Å²) in [7, 11) is 0. The van der Waals surface area contributed by atoms with Crippen LogP contribution in [0.1, 0.15) is 101 Å². The number of aliphatic carboxylic acids is 3. The highest BCUT2D eigenvalue weighted by Gasteiger charge is 2.39. The summed E-state index contributed by atoms with van der Waals surface area (Å²) in [6, 6.07) is 7.27. The average Bonchev–Trinajstić information content (AvgIpc) is 2.77. The van der Waals surface area contributed by atoms with Crippen molar-refractivity contribution in [3.63, 3.8) is 0 Å². The van der Waals surface area contributed by atoms with Gasteiger partial charge in [-0.1, -0.05) is 95.9 Å². The number of unbranched alkanes of at least 4 members (excludes halogenated alkanes) is 9. The first-order valence-electron chi connectivity index (χ1n) is 12.2. The van der Waals surface area contributed by atoms with E-state index in [0.29, 0.717) is 5.56 Å². The maximum absolute atomic E-state index is 11.8. The number of hydrogen-bond acceptors (Lipinski definition) is 4. The molecule has 0 aliphatic heterocycles. The zero-order chi connectivity index (χ0) is 24.6. The molecule has 1 aromatic rings. The number of thioether (sulfide) groups is 1. The van der Waals surface area contributed by atoms with E-state index in [0.717, 1.165) is 43.0 Å². The van der Waals surface area contributed by atoms with Crippen LogP contribution in [0.5, 0.6) is 0 Å². The van der Waals surface area contributed by atoms with Gasteiger partial charge in [-0.25, -0.2) is 0 Å². The van der Waals surface area contributed by atoms with Gasteiger partial charge in [0.05, 0.1) is 5.25 Å². The molecule has 0 radical (unpaired) electrons. The molecule has 0 bridgehead atoms. The fourth-order valence-electron chi connectivity index (χ4n) is 4.04. The van der Waals surface area contributed by atoms with E-state index in [-0.39, 0.29) is 6.42 Å². The molecule has 0 saturated heterocycles. The SMILES string of the molecule is CCCCCCCCCCCCc1ccccc1C(SC(CC)C(=O)O)C(C(=O)O)C(=O)O. The summed E-state index contributed by atoms with van der Waals surface area (Å²) in [5, 5.41) is 26.9. The fourth-order valence-corrected chi connectivity index (χ4v) is 5.47. The minimum Gasteiger partial charge on any atom is -0.481 e. The molecule has 0 amide bonds. The summed E-state index contributed by atoms with van der Waals surface area (Å²) in [5.74, 6) is -5.67. The van der Waals surface area contributed by atoms with E-state index in [1.54, 1.807) is 19.1 Å². The van der Waals surface area contributed by atoms with Crippen molar-refractivity contribution < 1.29 is 29.7 Å². The van der Waals surface area contributed by atoms with Crippen molar-refractivity contribution in [3.05, 3.63) is 35.4 Å². The lowest BCUT2D eigenvalue weighted by Crippen LogP contribution is -2.31. The molecular formula is C26H40O6S. The van der Waals surface area contributed by atoms with Crippen LogP contribution < -0.4 is 0 Å². The third-order valence-electron chi connectivity index (χ3n) is 5.95. The molecule has 33 heavy (non-hydrogen) atoms. The van der Waals surface area contributed by atoms with E-state index in [9.17, 15) is 29.7 Å². The van der Waals surface area contributed by atoms with Crippen molar-refractivity contribution in [3.8, 4) is 0 Å². The molecule has 7 heteroatoms. The lowest BCUT2D eigenvalue weighted by Gasteiger charge is -2.26. The molecule has 0 saturated carbocycles. The van der Waals surface area contributed by atoms with Gasteiger partial charge in [-0.05, 0) is 30.4 Å². The summed E-state index contributed by atoms with van der Waals surface area (Å²) in [6.45, 7) is 3.92. The van der Waals surface area contributed by atoms with Gasteiger partial charge in [-0.3, -0.25) is 14.4 Å². The summed E-state index contributed by atoms with van der Waals surface area (Å²) >= 11 is 0.927. The Balaban J connectivity index is 2.82. The summed E-state index contributed by atoms with van der Waals surface area (Å²) < 4.78 is 0. The van der Waals surface area contributed by atoms with Crippen LogP contribution in [0.4, 0.5) is 0 Å². The van der Waals surface area contributed by atoms with Crippen LogP contribution in [-0.2, 0) is 20.8 Å². The van der Waals surface area contributed by atoms with Crippen LogP contribution in [0.15, 0.2) is 24.3 Å². The summed E-state index contributed by atoms with van der Waals surface area (Å²) in [5.41, 5.74) is 1.52. The van der Waals surface area contributed by atoms with Gasteiger partial charge >= 0.3 is 17.9 Å². The molecule has 6 nitrogen and oxygen atoms in total. The lowest BCUT2D eigenvalue weighted by molar-refractivity contribution is -0.154. The Morgan fingerprint density at radius 3 is 1.76 bits per heavy atom. The Morgan fingerprint density at radius 2 is 1.27 bits per heavy atom. The van der Waals surface area contributed by atoms with E-state index in [2.05, 4.69) is 6.92 Å².